The molecule has 0 spiro atoms. The summed E-state index contributed by atoms with van der Waals surface area (Å²) in [4.78, 5) is 15.8. The van der Waals surface area contributed by atoms with Gasteiger partial charge < -0.3 is 14.9 Å². The van der Waals surface area contributed by atoms with Crippen LogP contribution in [0.5, 0.6) is 0 Å². The van der Waals surface area contributed by atoms with Gasteiger partial charge in [-0.15, -0.1) is 0 Å². The van der Waals surface area contributed by atoms with Gasteiger partial charge >= 0.3 is 5.69 Å². The smallest absolute Gasteiger partial charge is 0.351 e. The van der Waals surface area contributed by atoms with Crippen LogP contribution in [0.1, 0.15) is 46.8 Å². The zero-order valence-corrected chi connectivity index (χ0v) is 16.0. The van der Waals surface area contributed by atoms with Crippen molar-refractivity contribution in [3.8, 4) is 0 Å². The number of nitrogens with zero attached hydrogens (tertiary/aromatic N) is 2. The monoisotopic (exact) mass is 339 g/mol. The number of ether oxygens (including phenoxy) is 1. The summed E-state index contributed by atoms with van der Waals surface area (Å²) in [5.74, 6) is 0.227. The topological polar surface area (TPSA) is 79.4 Å². The second kappa shape index (κ2) is 6.37. The summed E-state index contributed by atoms with van der Waals surface area (Å²) in [5, 5.41) is 0.142. The molecule has 0 aromatic carbocycles. The highest BCUT2D eigenvalue weighted by atomic mass is 28.4. The zero-order chi connectivity index (χ0) is 17.4. The number of hydrogen-bond donors (Lipinski definition) is 1. The SMILES string of the molecule is CC[C@H]1O[C@@H](n2ccc(N)nc2=O)C[C@H]1O[Si](C)(C)C(C)(C)C. The van der Waals surface area contributed by atoms with E-state index in [0.29, 0.717) is 6.42 Å². The van der Waals surface area contributed by atoms with Crippen LogP contribution in [0.2, 0.25) is 18.1 Å². The fourth-order valence-electron chi connectivity index (χ4n) is 2.56. The quantitative estimate of drug-likeness (QED) is 0.853. The van der Waals surface area contributed by atoms with Gasteiger partial charge in [0.1, 0.15) is 12.0 Å². The summed E-state index contributed by atoms with van der Waals surface area (Å²) in [6.07, 6.45) is 2.84. The molecule has 3 atom stereocenters. The maximum atomic E-state index is 12.0. The van der Waals surface area contributed by atoms with E-state index in [9.17, 15) is 4.79 Å². The molecule has 6 nitrogen and oxygen atoms in total. The van der Waals surface area contributed by atoms with Gasteiger partial charge in [0.2, 0.25) is 0 Å². The molecular formula is C16H29N3O3Si. The molecule has 2 heterocycles. The Hall–Kier alpha value is -1.18. The van der Waals surface area contributed by atoms with Crippen molar-refractivity contribution in [3.63, 3.8) is 0 Å². The molecule has 1 aromatic heterocycles. The lowest BCUT2D eigenvalue weighted by atomic mass is 10.1. The minimum atomic E-state index is -1.88. The first-order valence-electron chi connectivity index (χ1n) is 8.23. The van der Waals surface area contributed by atoms with Crippen molar-refractivity contribution in [1.29, 1.82) is 0 Å². The molecule has 1 fully saturated rings. The van der Waals surface area contributed by atoms with E-state index in [4.69, 9.17) is 14.9 Å². The summed E-state index contributed by atoms with van der Waals surface area (Å²) >= 11 is 0. The van der Waals surface area contributed by atoms with E-state index < -0.39 is 8.32 Å². The van der Waals surface area contributed by atoms with Crippen LogP contribution in [0.4, 0.5) is 5.82 Å². The zero-order valence-electron chi connectivity index (χ0n) is 15.0. The third-order valence-corrected chi connectivity index (χ3v) is 9.50. The summed E-state index contributed by atoms with van der Waals surface area (Å²) in [6.45, 7) is 13.2. The minimum absolute atomic E-state index is 0.00132. The van der Waals surface area contributed by atoms with Crippen LogP contribution in [0.25, 0.3) is 0 Å². The lowest BCUT2D eigenvalue weighted by molar-refractivity contribution is -0.0196. The summed E-state index contributed by atoms with van der Waals surface area (Å²) in [6, 6.07) is 1.62. The molecule has 130 valence electrons. The number of anilines is 1. The Morgan fingerprint density at radius 1 is 1.48 bits per heavy atom. The highest BCUT2D eigenvalue weighted by Gasteiger charge is 2.44. The van der Waals surface area contributed by atoms with Gasteiger partial charge in [-0.05, 0) is 30.6 Å². The van der Waals surface area contributed by atoms with Gasteiger partial charge in [0, 0.05) is 12.6 Å². The normalized spacial score (nSPS) is 25.7. The molecule has 1 aromatic rings. The molecule has 1 saturated heterocycles. The number of nitrogens with two attached hydrogens (primary N) is 1. The largest absolute Gasteiger partial charge is 0.411 e. The molecule has 1 aliphatic heterocycles. The molecule has 0 saturated carbocycles. The standard InChI is InChI=1S/C16H29N3O3Si/c1-7-11-12(22-23(5,6)16(2,3)4)10-14(21-11)19-9-8-13(17)18-15(19)20/h8-9,11-12,14H,7,10H2,1-6H3,(H2,17,18,20)/t11-,12-,14-/m1/s1. The number of aromatic nitrogens is 2. The van der Waals surface area contributed by atoms with Crippen LogP contribution < -0.4 is 11.4 Å². The van der Waals surface area contributed by atoms with E-state index >= 15 is 0 Å². The van der Waals surface area contributed by atoms with Crippen LogP contribution in [0.3, 0.4) is 0 Å². The second-order valence-electron chi connectivity index (χ2n) is 7.73. The third-order valence-electron chi connectivity index (χ3n) is 5.00. The second-order valence-corrected chi connectivity index (χ2v) is 12.5. The van der Waals surface area contributed by atoms with E-state index in [1.54, 1.807) is 12.3 Å². The van der Waals surface area contributed by atoms with Crippen LogP contribution in [-0.2, 0) is 9.16 Å². The van der Waals surface area contributed by atoms with Gasteiger partial charge in [-0.2, -0.15) is 4.98 Å². The molecular weight excluding hydrogens is 310 g/mol. The van der Waals surface area contributed by atoms with Crippen molar-refractivity contribution in [3.05, 3.63) is 22.7 Å². The Kier molecular flexibility index (Phi) is 5.03. The average molecular weight is 340 g/mol. The Bertz CT molecular complexity index is 609. The van der Waals surface area contributed by atoms with Crippen molar-refractivity contribution < 1.29 is 9.16 Å². The van der Waals surface area contributed by atoms with Crippen LogP contribution in [0.15, 0.2) is 17.1 Å². The van der Waals surface area contributed by atoms with E-state index in [0.717, 1.165) is 6.42 Å². The Balaban J connectivity index is 2.19. The van der Waals surface area contributed by atoms with E-state index in [2.05, 4.69) is 45.8 Å². The Labute approximate surface area is 139 Å². The van der Waals surface area contributed by atoms with Crippen LogP contribution in [0, 0.1) is 0 Å². The molecule has 2 N–H and O–H groups in total. The molecule has 1 aliphatic rings. The molecule has 0 radical (unpaired) electrons. The third kappa shape index (κ3) is 3.84. The fourth-order valence-corrected chi connectivity index (χ4v) is 3.92. The van der Waals surface area contributed by atoms with Gasteiger partial charge in [-0.25, -0.2) is 4.79 Å². The first kappa shape index (κ1) is 18.2. The minimum Gasteiger partial charge on any atom is -0.411 e. The van der Waals surface area contributed by atoms with Gasteiger partial charge in [0.25, 0.3) is 0 Å². The van der Waals surface area contributed by atoms with E-state index in [1.165, 1.54) is 4.57 Å². The maximum Gasteiger partial charge on any atom is 0.351 e. The number of rotatable bonds is 4. The predicted molar refractivity (Wildman–Crippen MR) is 93.8 cm³/mol. The van der Waals surface area contributed by atoms with Gasteiger partial charge in [-0.3, -0.25) is 4.57 Å². The number of hydrogen-bond acceptors (Lipinski definition) is 5. The van der Waals surface area contributed by atoms with Gasteiger partial charge in [0.15, 0.2) is 8.32 Å². The number of nitrogen functional groups attached to an aromatic ring is 1. The fraction of sp³-hybridized carbons (Fsp3) is 0.750. The van der Waals surface area contributed by atoms with E-state index in [1.807, 2.05) is 0 Å². The van der Waals surface area contributed by atoms with Crippen molar-refractivity contribution in [2.45, 2.75) is 77.1 Å². The van der Waals surface area contributed by atoms with Crippen LogP contribution in [-0.4, -0.2) is 30.1 Å². The van der Waals surface area contributed by atoms with Gasteiger partial charge in [0.05, 0.1) is 12.2 Å². The highest BCUT2D eigenvalue weighted by molar-refractivity contribution is 6.74. The first-order chi connectivity index (χ1) is 10.5. The van der Waals surface area contributed by atoms with Gasteiger partial charge in [-0.1, -0.05) is 27.7 Å². The van der Waals surface area contributed by atoms with Crippen molar-refractivity contribution in [1.82, 2.24) is 9.55 Å². The lowest BCUT2D eigenvalue weighted by Gasteiger charge is -2.39. The predicted octanol–water partition coefficient (Wildman–Crippen LogP) is 2.91. The van der Waals surface area contributed by atoms with Crippen LogP contribution >= 0.6 is 0 Å². The summed E-state index contributed by atoms with van der Waals surface area (Å²) < 4.78 is 14.1. The van der Waals surface area contributed by atoms with Crippen molar-refractivity contribution in [2.75, 3.05) is 5.73 Å². The molecule has 0 unspecified atom stereocenters. The molecule has 0 aliphatic carbocycles. The summed E-state index contributed by atoms with van der Waals surface area (Å²) in [7, 11) is -1.88. The molecule has 2 rings (SSSR count). The van der Waals surface area contributed by atoms with Crippen molar-refractivity contribution >= 4 is 14.1 Å². The lowest BCUT2D eigenvalue weighted by Crippen LogP contribution is -2.45. The van der Waals surface area contributed by atoms with E-state index in [-0.39, 0.29) is 35.0 Å². The highest BCUT2D eigenvalue weighted by Crippen LogP contribution is 2.41. The average Bonchev–Trinajstić information content (AvgIpc) is 2.79. The maximum absolute atomic E-state index is 12.0. The summed E-state index contributed by atoms with van der Waals surface area (Å²) in [5.41, 5.74) is 5.18. The molecule has 0 amide bonds. The van der Waals surface area contributed by atoms with Crippen molar-refractivity contribution in [2.24, 2.45) is 0 Å². The molecule has 0 bridgehead atoms. The molecule has 7 heteroatoms. The Morgan fingerprint density at radius 2 is 2.13 bits per heavy atom. The first-order valence-corrected chi connectivity index (χ1v) is 11.1. The molecule has 23 heavy (non-hydrogen) atoms. The Morgan fingerprint density at radius 3 is 2.65 bits per heavy atom.